The number of esters is 1. The number of alkyl halides is 1. The highest BCUT2D eigenvalue weighted by molar-refractivity contribution is 9.09. The Hall–Kier alpha value is -1.19. The molecule has 2 amide bonds. The summed E-state index contributed by atoms with van der Waals surface area (Å²) in [6.45, 7) is 11.3. The van der Waals surface area contributed by atoms with Gasteiger partial charge in [0.1, 0.15) is 11.6 Å². The van der Waals surface area contributed by atoms with E-state index in [0.29, 0.717) is 12.8 Å². The Balaban J connectivity index is 2.09. The number of nitrogens with one attached hydrogen (secondary N) is 1. The number of rotatable bonds is 7. The molecule has 8 nitrogen and oxygen atoms in total. The average Bonchev–Trinajstić information content (AvgIpc) is 3.22. The first-order chi connectivity index (χ1) is 14.4. The summed E-state index contributed by atoms with van der Waals surface area (Å²) in [7, 11) is 0. The van der Waals surface area contributed by atoms with Gasteiger partial charge in [0, 0.05) is 10.4 Å². The number of carbonyl (C=O) groups is 3. The number of aliphatic hydroxyl groups is 1. The molecule has 0 saturated carbocycles. The lowest BCUT2D eigenvalue weighted by molar-refractivity contribution is -0.155. The summed E-state index contributed by atoms with van der Waals surface area (Å²) in [6.07, 6.45) is 0.441. The van der Waals surface area contributed by atoms with Gasteiger partial charge in [-0.05, 0) is 46.5 Å². The molecule has 0 aliphatic carbocycles. The van der Waals surface area contributed by atoms with Crippen molar-refractivity contribution < 1.29 is 29.0 Å². The van der Waals surface area contributed by atoms with Crippen LogP contribution in [0, 0.1) is 17.8 Å². The van der Waals surface area contributed by atoms with E-state index in [2.05, 4.69) is 21.2 Å². The number of carbonyl (C=O) groups excluding carboxylic acids is 3. The molecule has 0 aromatic heterocycles. The van der Waals surface area contributed by atoms with Gasteiger partial charge >= 0.3 is 5.97 Å². The van der Waals surface area contributed by atoms with E-state index in [1.807, 2.05) is 34.6 Å². The predicted octanol–water partition coefficient (Wildman–Crippen LogP) is 1.62. The van der Waals surface area contributed by atoms with Crippen LogP contribution in [0.5, 0.6) is 0 Å². The molecule has 3 heterocycles. The Kier molecular flexibility index (Phi) is 6.81. The van der Waals surface area contributed by atoms with Crippen LogP contribution in [0.3, 0.4) is 0 Å². The lowest BCUT2D eigenvalue weighted by Gasteiger charge is -2.38. The van der Waals surface area contributed by atoms with Gasteiger partial charge < -0.3 is 24.8 Å². The number of ether oxygens (including phenoxy) is 2. The number of halogens is 1. The van der Waals surface area contributed by atoms with Crippen molar-refractivity contribution in [1.29, 1.82) is 0 Å². The summed E-state index contributed by atoms with van der Waals surface area (Å²) >= 11 is 3.62. The maximum absolute atomic E-state index is 13.8. The zero-order valence-corrected chi connectivity index (χ0v) is 20.8. The summed E-state index contributed by atoms with van der Waals surface area (Å²) in [5.41, 5.74) is -1.65. The maximum atomic E-state index is 13.8. The Morgan fingerprint density at radius 1 is 1.39 bits per heavy atom. The summed E-state index contributed by atoms with van der Waals surface area (Å²) in [5, 5.41) is 13.2. The van der Waals surface area contributed by atoms with Crippen LogP contribution in [0.1, 0.15) is 54.4 Å². The van der Waals surface area contributed by atoms with Gasteiger partial charge in [0.05, 0.1) is 37.2 Å². The normalized spacial score (nSPS) is 35.5. The number of amides is 2. The fraction of sp³-hybridized carbons (Fsp3) is 0.864. The molecule has 0 radical (unpaired) electrons. The highest BCUT2D eigenvalue weighted by Crippen LogP contribution is 2.60. The summed E-state index contributed by atoms with van der Waals surface area (Å²) in [6, 6.07) is -1.47. The number of likely N-dealkylation sites (tertiary alicyclic amines) is 1. The topological polar surface area (TPSA) is 105 Å². The van der Waals surface area contributed by atoms with Crippen molar-refractivity contribution in [3.63, 3.8) is 0 Å². The molecule has 2 bridgehead atoms. The zero-order chi connectivity index (χ0) is 23.3. The minimum atomic E-state index is -1.13. The van der Waals surface area contributed by atoms with E-state index in [1.165, 1.54) is 4.90 Å². The lowest BCUT2D eigenvalue weighted by atomic mass is 9.70. The molecule has 3 aliphatic rings. The van der Waals surface area contributed by atoms with Crippen LogP contribution in [-0.4, -0.2) is 75.2 Å². The molecule has 1 spiro atoms. The molecule has 9 heteroatoms. The van der Waals surface area contributed by atoms with Gasteiger partial charge in [0.25, 0.3) is 0 Å². The van der Waals surface area contributed by atoms with Crippen LogP contribution in [0.15, 0.2) is 0 Å². The molecule has 0 aromatic carbocycles. The van der Waals surface area contributed by atoms with E-state index in [4.69, 9.17) is 9.47 Å². The average molecular weight is 503 g/mol. The van der Waals surface area contributed by atoms with Gasteiger partial charge in [0.15, 0.2) is 0 Å². The van der Waals surface area contributed by atoms with Crippen molar-refractivity contribution in [2.75, 3.05) is 13.2 Å². The second kappa shape index (κ2) is 8.63. The Morgan fingerprint density at radius 3 is 2.55 bits per heavy atom. The van der Waals surface area contributed by atoms with E-state index in [-0.39, 0.29) is 35.8 Å². The molecule has 2 N–H and O–H groups in total. The largest absolute Gasteiger partial charge is 0.466 e. The highest BCUT2D eigenvalue weighted by atomic mass is 79.9. The molecule has 3 unspecified atom stereocenters. The summed E-state index contributed by atoms with van der Waals surface area (Å²) in [4.78, 5) is 41.5. The number of nitrogens with zero attached hydrogens (tertiary/aromatic N) is 1. The number of hydrogen-bond donors (Lipinski definition) is 2. The monoisotopic (exact) mass is 502 g/mol. The fourth-order valence-electron chi connectivity index (χ4n) is 5.53. The lowest BCUT2D eigenvalue weighted by Crippen LogP contribution is -2.60. The Labute approximate surface area is 192 Å². The zero-order valence-electron chi connectivity index (χ0n) is 19.2. The van der Waals surface area contributed by atoms with Gasteiger partial charge in [-0.25, -0.2) is 0 Å². The van der Waals surface area contributed by atoms with Crippen molar-refractivity contribution in [1.82, 2.24) is 10.2 Å². The van der Waals surface area contributed by atoms with Crippen molar-refractivity contribution in [3.05, 3.63) is 0 Å². The van der Waals surface area contributed by atoms with Gasteiger partial charge in [-0.1, -0.05) is 29.8 Å². The molecule has 3 fully saturated rings. The van der Waals surface area contributed by atoms with Crippen LogP contribution in [-0.2, 0) is 23.9 Å². The summed E-state index contributed by atoms with van der Waals surface area (Å²) < 4.78 is 11.7. The third kappa shape index (κ3) is 4.13. The first kappa shape index (κ1) is 24.5. The molecule has 31 heavy (non-hydrogen) atoms. The van der Waals surface area contributed by atoms with Crippen LogP contribution in [0.4, 0.5) is 0 Å². The van der Waals surface area contributed by atoms with E-state index < -0.39 is 47.1 Å². The number of fused-ring (bicyclic) bond motifs is 1. The third-order valence-electron chi connectivity index (χ3n) is 6.38. The molecular weight excluding hydrogens is 468 g/mol. The van der Waals surface area contributed by atoms with E-state index >= 15 is 0 Å². The third-order valence-corrected chi connectivity index (χ3v) is 7.22. The summed E-state index contributed by atoms with van der Waals surface area (Å²) in [5.74, 6) is -2.49. The molecule has 176 valence electrons. The SMILES string of the molecule is CCOC(=O)[C@H]1[C@H]2C(=O)N([C@@H](CO)CC(C)C)C(C(=O)NC(C)(C)C)C23CC(Br)[C@@H]1O3. The molecule has 3 aliphatic heterocycles. The minimum Gasteiger partial charge on any atom is -0.466 e. The quantitative estimate of drug-likeness (QED) is 0.404. The maximum Gasteiger partial charge on any atom is 0.312 e. The second-order valence-corrected chi connectivity index (χ2v) is 11.5. The second-order valence-electron chi connectivity index (χ2n) is 10.4. The Bertz CT molecular complexity index is 738. The molecular formula is C22H35BrN2O6. The molecule has 3 saturated heterocycles. The van der Waals surface area contributed by atoms with E-state index in [1.54, 1.807) is 6.92 Å². The predicted molar refractivity (Wildman–Crippen MR) is 117 cm³/mol. The minimum absolute atomic E-state index is 0.173. The van der Waals surface area contributed by atoms with Gasteiger partial charge in [-0.2, -0.15) is 0 Å². The van der Waals surface area contributed by atoms with Gasteiger partial charge in [-0.3, -0.25) is 14.4 Å². The van der Waals surface area contributed by atoms with E-state index in [0.717, 1.165) is 0 Å². The molecule has 7 atom stereocenters. The first-order valence-corrected chi connectivity index (χ1v) is 12.0. The van der Waals surface area contributed by atoms with Gasteiger partial charge in [-0.15, -0.1) is 0 Å². The Morgan fingerprint density at radius 2 is 2.03 bits per heavy atom. The van der Waals surface area contributed by atoms with Crippen LogP contribution in [0.25, 0.3) is 0 Å². The highest BCUT2D eigenvalue weighted by Gasteiger charge is 2.77. The van der Waals surface area contributed by atoms with Crippen molar-refractivity contribution in [2.45, 2.75) is 88.5 Å². The standard InChI is InChI=1S/C22H35BrN2O6/c1-7-30-20(29)14-15-19(28)25(12(10-26)8-11(2)3)17(18(27)24-21(4,5)6)22(15)9-13(23)16(14)31-22/h11-17,26H,7-10H2,1-6H3,(H,24,27)/t12-,13?,14+,15+,16+,17?,22?/m1/s1. The van der Waals surface area contributed by atoms with Gasteiger partial charge in [0.2, 0.25) is 11.8 Å². The number of hydrogen-bond acceptors (Lipinski definition) is 6. The van der Waals surface area contributed by atoms with Crippen LogP contribution in [0.2, 0.25) is 0 Å². The van der Waals surface area contributed by atoms with Crippen molar-refractivity contribution >= 4 is 33.7 Å². The van der Waals surface area contributed by atoms with Crippen LogP contribution >= 0.6 is 15.9 Å². The molecule has 3 rings (SSSR count). The molecule has 0 aromatic rings. The van der Waals surface area contributed by atoms with E-state index in [9.17, 15) is 19.5 Å². The number of aliphatic hydroxyl groups excluding tert-OH is 1. The smallest absolute Gasteiger partial charge is 0.312 e. The van der Waals surface area contributed by atoms with Crippen molar-refractivity contribution in [3.8, 4) is 0 Å². The fourth-order valence-corrected chi connectivity index (χ4v) is 6.47. The van der Waals surface area contributed by atoms with Crippen molar-refractivity contribution in [2.24, 2.45) is 17.8 Å². The first-order valence-electron chi connectivity index (χ1n) is 11.1. The van der Waals surface area contributed by atoms with Crippen LogP contribution < -0.4 is 5.32 Å².